The zero-order valence-electron chi connectivity index (χ0n) is 14.2. The number of rotatable bonds is 2. The SMILES string of the molecule is Cn1c(N2CCN(c3ncccc3C(F)(F)F)CC2)nc2ccccc21. The first-order valence-corrected chi connectivity index (χ1v) is 8.39. The second-order valence-corrected chi connectivity index (χ2v) is 6.31. The number of alkyl halides is 3. The minimum atomic E-state index is -4.40. The predicted molar refractivity (Wildman–Crippen MR) is 94.4 cm³/mol. The topological polar surface area (TPSA) is 37.2 Å². The number of para-hydroxylation sites is 2. The highest BCUT2D eigenvalue weighted by Gasteiger charge is 2.36. The third-order valence-corrected chi connectivity index (χ3v) is 4.72. The van der Waals surface area contributed by atoms with E-state index in [0.717, 1.165) is 23.0 Å². The lowest BCUT2D eigenvalue weighted by Gasteiger charge is -2.36. The fraction of sp³-hybridized carbons (Fsp3) is 0.333. The first-order chi connectivity index (χ1) is 12.4. The summed E-state index contributed by atoms with van der Waals surface area (Å²) in [7, 11) is 1.96. The molecule has 0 atom stereocenters. The van der Waals surface area contributed by atoms with Crippen LogP contribution in [0, 0.1) is 0 Å². The molecule has 1 aliphatic rings. The number of anilines is 2. The van der Waals surface area contributed by atoms with E-state index >= 15 is 0 Å². The largest absolute Gasteiger partial charge is 0.419 e. The average Bonchev–Trinajstić information content (AvgIpc) is 2.98. The third-order valence-electron chi connectivity index (χ3n) is 4.72. The maximum absolute atomic E-state index is 13.2. The van der Waals surface area contributed by atoms with Crippen LogP contribution in [0.25, 0.3) is 11.0 Å². The van der Waals surface area contributed by atoms with Crippen molar-refractivity contribution in [3.05, 3.63) is 48.2 Å². The normalized spacial score (nSPS) is 15.7. The molecule has 0 unspecified atom stereocenters. The Kier molecular flexibility index (Phi) is 3.97. The molecule has 0 bridgehead atoms. The van der Waals surface area contributed by atoms with Gasteiger partial charge < -0.3 is 14.4 Å². The Labute approximate surface area is 148 Å². The number of nitrogens with zero attached hydrogens (tertiary/aromatic N) is 5. The smallest absolute Gasteiger partial charge is 0.353 e. The molecule has 4 rings (SSSR count). The van der Waals surface area contributed by atoms with Gasteiger partial charge in [0.2, 0.25) is 5.95 Å². The van der Waals surface area contributed by atoms with Crippen molar-refractivity contribution >= 4 is 22.8 Å². The highest BCUT2D eigenvalue weighted by atomic mass is 19.4. The number of hydrogen-bond acceptors (Lipinski definition) is 4. The van der Waals surface area contributed by atoms with Gasteiger partial charge in [-0.25, -0.2) is 9.97 Å². The van der Waals surface area contributed by atoms with E-state index < -0.39 is 11.7 Å². The number of pyridine rings is 1. The number of piperazine rings is 1. The summed E-state index contributed by atoms with van der Waals surface area (Å²) in [6.45, 7) is 2.10. The summed E-state index contributed by atoms with van der Waals surface area (Å²) in [5, 5.41) is 0. The van der Waals surface area contributed by atoms with Gasteiger partial charge in [0.1, 0.15) is 5.82 Å². The lowest BCUT2D eigenvalue weighted by Crippen LogP contribution is -2.48. The number of imidazole rings is 1. The summed E-state index contributed by atoms with van der Waals surface area (Å²) in [5.74, 6) is 0.840. The van der Waals surface area contributed by atoms with Crippen molar-refractivity contribution in [3.63, 3.8) is 0 Å². The Bertz CT molecular complexity index is 926. The van der Waals surface area contributed by atoms with Crippen molar-refractivity contribution in [2.75, 3.05) is 36.0 Å². The van der Waals surface area contributed by atoms with Crippen LogP contribution in [-0.4, -0.2) is 40.7 Å². The van der Waals surface area contributed by atoms with Gasteiger partial charge in [-0.05, 0) is 24.3 Å². The van der Waals surface area contributed by atoms with Crippen LogP contribution in [0.3, 0.4) is 0 Å². The second kappa shape index (κ2) is 6.19. The van der Waals surface area contributed by atoms with Crippen molar-refractivity contribution in [2.45, 2.75) is 6.18 Å². The van der Waals surface area contributed by atoms with Gasteiger partial charge in [-0.15, -0.1) is 0 Å². The molecule has 0 saturated carbocycles. The Morgan fingerprint density at radius 1 is 0.923 bits per heavy atom. The molecule has 1 aliphatic heterocycles. The van der Waals surface area contributed by atoms with Gasteiger partial charge in [0.25, 0.3) is 0 Å². The third kappa shape index (κ3) is 2.85. The van der Waals surface area contributed by atoms with Crippen molar-refractivity contribution in [1.82, 2.24) is 14.5 Å². The van der Waals surface area contributed by atoms with Gasteiger partial charge in [0.05, 0.1) is 16.6 Å². The molecule has 0 spiro atoms. The molecule has 3 aromatic rings. The number of halogens is 3. The van der Waals surface area contributed by atoms with Crippen LogP contribution in [0.1, 0.15) is 5.56 Å². The molecule has 8 heteroatoms. The van der Waals surface area contributed by atoms with E-state index in [1.54, 1.807) is 4.90 Å². The highest BCUT2D eigenvalue weighted by molar-refractivity contribution is 5.78. The molecule has 0 N–H and O–H groups in total. The van der Waals surface area contributed by atoms with E-state index in [2.05, 4.69) is 14.9 Å². The summed E-state index contributed by atoms with van der Waals surface area (Å²) in [5.41, 5.74) is 1.27. The molecule has 2 aromatic heterocycles. The van der Waals surface area contributed by atoms with E-state index in [1.807, 2.05) is 35.9 Å². The van der Waals surface area contributed by atoms with Crippen LogP contribution >= 0.6 is 0 Å². The molecule has 1 fully saturated rings. The first-order valence-electron chi connectivity index (χ1n) is 8.39. The van der Waals surface area contributed by atoms with Crippen molar-refractivity contribution in [3.8, 4) is 0 Å². The van der Waals surface area contributed by atoms with Gasteiger partial charge >= 0.3 is 6.18 Å². The second-order valence-electron chi connectivity index (χ2n) is 6.31. The quantitative estimate of drug-likeness (QED) is 0.702. The Hall–Kier alpha value is -2.77. The van der Waals surface area contributed by atoms with Crippen LogP contribution in [-0.2, 0) is 13.2 Å². The number of fused-ring (bicyclic) bond motifs is 1. The summed E-state index contributed by atoms with van der Waals surface area (Å²) in [4.78, 5) is 12.5. The van der Waals surface area contributed by atoms with E-state index in [-0.39, 0.29) is 5.82 Å². The van der Waals surface area contributed by atoms with Crippen molar-refractivity contribution < 1.29 is 13.2 Å². The minimum Gasteiger partial charge on any atom is -0.353 e. The molecular formula is C18H18F3N5. The molecule has 0 radical (unpaired) electrons. The van der Waals surface area contributed by atoms with Gasteiger partial charge in [-0.2, -0.15) is 13.2 Å². The fourth-order valence-corrected chi connectivity index (χ4v) is 3.40. The first kappa shape index (κ1) is 16.7. The Morgan fingerprint density at radius 3 is 2.31 bits per heavy atom. The summed E-state index contributed by atoms with van der Waals surface area (Å²) in [6, 6.07) is 10.3. The van der Waals surface area contributed by atoms with E-state index in [0.29, 0.717) is 26.2 Å². The van der Waals surface area contributed by atoms with Gasteiger partial charge in [-0.3, -0.25) is 0 Å². The maximum atomic E-state index is 13.2. The van der Waals surface area contributed by atoms with Gasteiger partial charge in [-0.1, -0.05) is 12.1 Å². The summed E-state index contributed by atoms with van der Waals surface area (Å²) < 4.78 is 41.7. The number of aryl methyl sites for hydroxylation is 1. The van der Waals surface area contributed by atoms with E-state index in [1.165, 1.54) is 12.3 Å². The van der Waals surface area contributed by atoms with E-state index in [9.17, 15) is 13.2 Å². The summed E-state index contributed by atoms with van der Waals surface area (Å²) in [6.07, 6.45) is -3.00. The Morgan fingerprint density at radius 2 is 1.62 bits per heavy atom. The molecule has 1 saturated heterocycles. The lowest BCUT2D eigenvalue weighted by atomic mass is 10.2. The maximum Gasteiger partial charge on any atom is 0.419 e. The Balaban J connectivity index is 1.56. The monoisotopic (exact) mass is 361 g/mol. The van der Waals surface area contributed by atoms with Gasteiger partial charge in [0.15, 0.2) is 0 Å². The molecule has 0 aliphatic carbocycles. The molecule has 1 aromatic carbocycles. The molecule has 26 heavy (non-hydrogen) atoms. The lowest BCUT2D eigenvalue weighted by molar-refractivity contribution is -0.137. The number of aromatic nitrogens is 3. The molecule has 5 nitrogen and oxygen atoms in total. The number of benzene rings is 1. The van der Waals surface area contributed by atoms with E-state index in [4.69, 9.17) is 0 Å². The molecular weight excluding hydrogens is 343 g/mol. The van der Waals surface area contributed by atoms with Crippen LogP contribution in [0.15, 0.2) is 42.6 Å². The van der Waals surface area contributed by atoms with Crippen LogP contribution < -0.4 is 9.80 Å². The highest BCUT2D eigenvalue weighted by Crippen LogP contribution is 2.35. The van der Waals surface area contributed by atoms with Crippen LogP contribution in [0.4, 0.5) is 24.9 Å². The molecule has 3 heterocycles. The van der Waals surface area contributed by atoms with Crippen LogP contribution in [0.2, 0.25) is 0 Å². The average molecular weight is 361 g/mol. The van der Waals surface area contributed by atoms with Crippen molar-refractivity contribution in [1.29, 1.82) is 0 Å². The predicted octanol–water partition coefficient (Wildman–Crippen LogP) is 3.31. The summed E-state index contributed by atoms with van der Waals surface area (Å²) >= 11 is 0. The number of hydrogen-bond donors (Lipinski definition) is 0. The zero-order valence-corrected chi connectivity index (χ0v) is 14.2. The van der Waals surface area contributed by atoms with Crippen molar-refractivity contribution in [2.24, 2.45) is 7.05 Å². The standard InChI is InChI=1S/C18H18F3N5/c1-24-15-7-3-2-6-14(15)23-17(24)26-11-9-25(10-12-26)16-13(18(19,20)21)5-4-8-22-16/h2-8H,9-12H2,1H3. The van der Waals surface area contributed by atoms with Gasteiger partial charge in [0, 0.05) is 39.4 Å². The van der Waals surface area contributed by atoms with Crippen LogP contribution in [0.5, 0.6) is 0 Å². The fourth-order valence-electron chi connectivity index (χ4n) is 3.40. The zero-order chi connectivity index (χ0) is 18.3. The molecule has 0 amide bonds. The molecule has 136 valence electrons. The minimum absolute atomic E-state index is 0.00431.